The molecule has 0 aromatic carbocycles. The fraction of sp³-hybridized carbons (Fsp3) is 0.643. The third-order valence-electron chi connectivity index (χ3n) is 3.63. The van der Waals surface area contributed by atoms with Crippen molar-refractivity contribution in [3.63, 3.8) is 0 Å². The van der Waals surface area contributed by atoms with Gasteiger partial charge in [0.1, 0.15) is 10.6 Å². The Balaban J connectivity index is 3.04. The van der Waals surface area contributed by atoms with Crippen molar-refractivity contribution in [3.8, 4) is 0 Å². The van der Waals surface area contributed by atoms with E-state index in [1.165, 1.54) is 16.8 Å². The lowest BCUT2D eigenvalue weighted by Crippen LogP contribution is -2.28. The smallest absolute Gasteiger partial charge is 0.352 e. The predicted octanol–water partition coefficient (Wildman–Crippen LogP) is 2.48. The van der Waals surface area contributed by atoms with E-state index in [0.717, 1.165) is 12.8 Å². The number of carboxylic acids is 1. The van der Waals surface area contributed by atoms with Gasteiger partial charge in [0.2, 0.25) is 10.0 Å². The maximum absolute atomic E-state index is 12.3. The van der Waals surface area contributed by atoms with Crippen molar-refractivity contribution in [2.24, 2.45) is 5.92 Å². The largest absolute Gasteiger partial charge is 0.477 e. The number of hydrogen-bond acceptors (Lipinski definition) is 3. The maximum Gasteiger partial charge on any atom is 0.352 e. The number of carboxylic acid groups (broad SMARTS) is 1. The van der Waals surface area contributed by atoms with Gasteiger partial charge in [0.05, 0.1) is 0 Å². The molecule has 0 aliphatic heterocycles. The zero-order valence-corrected chi connectivity index (χ0v) is 13.8. The van der Waals surface area contributed by atoms with Crippen LogP contribution < -0.4 is 4.72 Å². The summed E-state index contributed by atoms with van der Waals surface area (Å²) in [5.74, 6) is -0.851. The number of rotatable bonds is 8. The molecule has 0 fully saturated rings. The van der Waals surface area contributed by atoms with Gasteiger partial charge in [0.15, 0.2) is 0 Å². The molecule has 1 heterocycles. The van der Waals surface area contributed by atoms with Crippen LogP contribution in [0.3, 0.4) is 0 Å². The first-order valence-electron chi connectivity index (χ1n) is 7.17. The van der Waals surface area contributed by atoms with Gasteiger partial charge < -0.3 is 9.67 Å². The number of nitrogens with zero attached hydrogens (tertiary/aromatic N) is 1. The average molecular weight is 316 g/mol. The molecule has 6 nitrogen and oxygen atoms in total. The van der Waals surface area contributed by atoms with E-state index >= 15 is 0 Å². The Bertz CT molecular complexity index is 586. The molecule has 0 bridgehead atoms. The van der Waals surface area contributed by atoms with Crippen molar-refractivity contribution in [3.05, 3.63) is 18.0 Å². The van der Waals surface area contributed by atoms with Gasteiger partial charge in [-0.1, -0.05) is 26.7 Å². The van der Waals surface area contributed by atoms with E-state index < -0.39 is 16.0 Å². The van der Waals surface area contributed by atoms with Crippen LogP contribution in [0.1, 0.15) is 57.1 Å². The summed E-state index contributed by atoms with van der Waals surface area (Å²) < 4.78 is 28.5. The molecule has 0 saturated heterocycles. The van der Waals surface area contributed by atoms with Crippen LogP contribution >= 0.6 is 0 Å². The van der Waals surface area contributed by atoms with Gasteiger partial charge in [-0.3, -0.25) is 0 Å². The van der Waals surface area contributed by atoms with Crippen molar-refractivity contribution in [2.75, 3.05) is 6.54 Å². The normalized spacial score (nSPS) is 12.3. The first-order valence-corrected chi connectivity index (χ1v) is 8.66. The molecular weight excluding hydrogens is 292 g/mol. The summed E-state index contributed by atoms with van der Waals surface area (Å²) in [7, 11) is -3.68. The van der Waals surface area contributed by atoms with Crippen LogP contribution in [-0.2, 0) is 10.0 Å². The van der Waals surface area contributed by atoms with Gasteiger partial charge in [0, 0.05) is 18.8 Å². The number of hydrogen-bond donors (Lipinski definition) is 2. The molecule has 0 spiro atoms. The molecule has 1 aromatic heterocycles. The Morgan fingerprint density at radius 3 is 2.29 bits per heavy atom. The molecular formula is C14H24N2O4S. The number of sulfonamides is 1. The topological polar surface area (TPSA) is 88.4 Å². The molecule has 1 rings (SSSR count). The van der Waals surface area contributed by atoms with Crippen LogP contribution in [0.25, 0.3) is 0 Å². The molecule has 2 N–H and O–H groups in total. The Morgan fingerprint density at radius 1 is 1.33 bits per heavy atom. The van der Waals surface area contributed by atoms with E-state index in [0.29, 0.717) is 6.54 Å². The molecule has 0 amide bonds. The van der Waals surface area contributed by atoms with E-state index in [2.05, 4.69) is 4.72 Å². The van der Waals surface area contributed by atoms with Gasteiger partial charge in [-0.25, -0.2) is 17.9 Å². The van der Waals surface area contributed by atoms with Crippen molar-refractivity contribution < 1.29 is 18.3 Å². The minimum atomic E-state index is -3.68. The van der Waals surface area contributed by atoms with Gasteiger partial charge >= 0.3 is 5.97 Å². The predicted molar refractivity (Wildman–Crippen MR) is 81.0 cm³/mol. The van der Waals surface area contributed by atoms with Crippen molar-refractivity contribution in [1.29, 1.82) is 0 Å². The summed E-state index contributed by atoms with van der Waals surface area (Å²) in [5, 5.41) is 9.15. The van der Waals surface area contributed by atoms with Crippen LogP contribution in [-0.4, -0.2) is 30.6 Å². The molecule has 0 radical (unpaired) electrons. The summed E-state index contributed by atoms with van der Waals surface area (Å²) in [5.41, 5.74) is -0.0205. The molecule has 7 heteroatoms. The Labute approximate surface area is 126 Å². The highest BCUT2D eigenvalue weighted by Gasteiger charge is 2.22. The SMILES string of the molecule is CCC(CC)CNS(=O)(=O)c1cc(C(=O)O)n(C(C)C)c1. The fourth-order valence-electron chi connectivity index (χ4n) is 2.09. The van der Waals surface area contributed by atoms with Gasteiger partial charge in [-0.2, -0.15) is 0 Å². The van der Waals surface area contributed by atoms with Crippen LogP contribution in [0.4, 0.5) is 0 Å². The molecule has 21 heavy (non-hydrogen) atoms. The lowest BCUT2D eigenvalue weighted by molar-refractivity contribution is 0.0683. The van der Waals surface area contributed by atoms with Crippen LogP contribution in [0.2, 0.25) is 0 Å². The Hall–Kier alpha value is -1.34. The monoisotopic (exact) mass is 316 g/mol. The second-order valence-electron chi connectivity index (χ2n) is 5.40. The Morgan fingerprint density at radius 2 is 1.90 bits per heavy atom. The maximum atomic E-state index is 12.3. The molecule has 0 unspecified atom stereocenters. The third-order valence-corrected chi connectivity index (χ3v) is 5.02. The van der Waals surface area contributed by atoms with Gasteiger partial charge in [-0.15, -0.1) is 0 Å². The zero-order valence-electron chi connectivity index (χ0n) is 13.0. The minimum absolute atomic E-state index is 0.000411. The lowest BCUT2D eigenvalue weighted by Gasteiger charge is -2.13. The summed E-state index contributed by atoms with van der Waals surface area (Å²) in [6.07, 6.45) is 3.17. The van der Waals surface area contributed by atoms with E-state index in [4.69, 9.17) is 5.11 Å². The second-order valence-corrected chi connectivity index (χ2v) is 7.17. The zero-order chi connectivity index (χ0) is 16.2. The van der Waals surface area contributed by atoms with Crippen molar-refractivity contribution >= 4 is 16.0 Å². The first-order chi connectivity index (χ1) is 9.72. The standard InChI is InChI=1S/C14H24N2O4S/c1-5-11(6-2)8-15-21(19,20)12-7-13(14(17)18)16(9-12)10(3)4/h7,9-11,15H,5-6,8H2,1-4H3,(H,17,18). The van der Waals surface area contributed by atoms with Crippen molar-refractivity contribution in [2.45, 2.75) is 51.5 Å². The van der Waals surface area contributed by atoms with E-state index in [1.807, 2.05) is 13.8 Å². The van der Waals surface area contributed by atoms with Crippen LogP contribution in [0.5, 0.6) is 0 Å². The highest BCUT2D eigenvalue weighted by Crippen LogP contribution is 2.19. The van der Waals surface area contributed by atoms with Gasteiger partial charge in [0.25, 0.3) is 0 Å². The minimum Gasteiger partial charge on any atom is -0.477 e. The number of aromatic carboxylic acids is 1. The lowest BCUT2D eigenvalue weighted by atomic mass is 10.0. The first kappa shape index (κ1) is 17.7. The van der Waals surface area contributed by atoms with E-state index in [1.54, 1.807) is 13.8 Å². The molecule has 0 aliphatic carbocycles. The summed E-state index contributed by atoms with van der Waals surface area (Å²) in [4.78, 5) is 11.2. The summed E-state index contributed by atoms with van der Waals surface area (Å²) >= 11 is 0. The average Bonchev–Trinajstić information content (AvgIpc) is 2.86. The summed E-state index contributed by atoms with van der Waals surface area (Å²) in [6, 6.07) is 1.08. The summed E-state index contributed by atoms with van der Waals surface area (Å²) in [6.45, 7) is 8.01. The second kappa shape index (κ2) is 7.09. The Kier molecular flexibility index (Phi) is 5.98. The highest BCUT2D eigenvalue weighted by atomic mass is 32.2. The third kappa shape index (κ3) is 4.31. The molecule has 0 saturated carbocycles. The highest BCUT2D eigenvalue weighted by molar-refractivity contribution is 7.89. The fourth-order valence-corrected chi connectivity index (χ4v) is 3.23. The van der Waals surface area contributed by atoms with E-state index in [-0.39, 0.29) is 22.5 Å². The molecule has 1 aromatic rings. The molecule has 0 atom stereocenters. The molecule has 0 aliphatic rings. The quantitative estimate of drug-likeness (QED) is 0.771. The van der Waals surface area contributed by atoms with Crippen molar-refractivity contribution in [1.82, 2.24) is 9.29 Å². The van der Waals surface area contributed by atoms with Crippen LogP contribution in [0, 0.1) is 5.92 Å². The number of carbonyl (C=O) groups is 1. The number of nitrogens with one attached hydrogen (secondary N) is 1. The van der Waals surface area contributed by atoms with Gasteiger partial charge in [-0.05, 0) is 25.8 Å². The molecule has 120 valence electrons. The number of aromatic nitrogens is 1. The van der Waals surface area contributed by atoms with Crippen LogP contribution in [0.15, 0.2) is 17.2 Å². The van der Waals surface area contributed by atoms with E-state index in [9.17, 15) is 13.2 Å².